The van der Waals surface area contributed by atoms with Gasteiger partial charge in [0.2, 0.25) is 10.0 Å². The van der Waals surface area contributed by atoms with E-state index >= 15 is 0 Å². The van der Waals surface area contributed by atoms with Gasteiger partial charge >= 0.3 is 0 Å². The molecule has 1 amide bonds. The number of ether oxygens (including phenoxy) is 1. The van der Waals surface area contributed by atoms with E-state index in [1.54, 1.807) is 18.4 Å². The van der Waals surface area contributed by atoms with Gasteiger partial charge in [-0.2, -0.15) is 0 Å². The molecule has 0 saturated carbocycles. The number of thiophene rings is 1. The molecule has 33 heavy (non-hydrogen) atoms. The lowest BCUT2D eigenvalue weighted by molar-refractivity contribution is 0.0942. The lowest BCUT2D eigenvalue weighted by atomic mass is 10.1. The van der Waals surface area contributed by atoms with Gasteiger partial charge in [0, 0.05) is 23.5 Å². The zero-order chi connectivity index (χ0) is 23.8. The van der Waals surface area contributed by atoms with E-state index in [0.717, 1.165) is 16.2 Å². The Morgan fingerprint density at radius 2 is 1.76 bits per heavy atom. The summed E-state index contributed by atoms with van der Waals surface area (Å²) >= 11 is 1.59. The number of hydrogen-bond acceptors (Lipinski definition) is 6. The summed E-state index contributed by atoms with van der Waals surface area (Å²) in [6.45, 7) is 0.727. The van der Waals surface area contributed by atoms with Crippen molar-refractivity contribution in [3.05, 3.63) is 82.0 Å². The smallest absolute Gasteiger partial charge is 0.251 e. The normalized spacial score (nSPS) is 12.5. The van der Waals surface area contributed by atoms with E-state index in [-0.39, 0.29) is 16.8 Å². The Morgan fingerprint density at radius 1 is 1.06 bits per heavy atom. The van der Waals surface area contributed by atoms with Crippen LogP contribution in [0.3, 0.4) is 0 Å². The second kappa shape index (κ2) is 11.4. The molecule has 1 unspecified atom stereocenters. The molecule has 2 N–H and O–H groups in total. The molecule has 1 atom stereocenters. The number of likely N-dealkylation sites (N-methyl/N-ethyl adjacent to an activating group) is 1. The first kappa shape index (κ1) is 24.9. The maximum atomic E-state index is 12.7. The highest BCUT2D eigenvalue weighted by Crippen LogP contribution is 2.21. The van der Waals surface area contributed by atoms with E-state index in [2.05, 4.69) is 10.0 Å². The van der Waals surface area contributed by atoms with Gasteiger partial charge in [-0.1, -0.05) is 18.2 Å². The highest BCUT2D eigenvalue weighted by molar-refractivity contribution is 7.89. The molecule has 0 saturated heterocycles. The van der Waals surface area contributed by atoms with Crippen LogP contribution in [0, 0.1) is 0 Å². The van der Waals surface area contributed by atoms with E-state index in [0.29, 0.717) is 25.1 Å². The molecule has 1 aromatic heterocycles. The molecule has 0 fully saturated rings. The average Bonchev–Trinajstić information content (AvgIpc) is 3.33. The number of carbonyl (C=O) groups is 1. The fourth-order valence-corrected chi connectivity index (χ4v) is 5.09. The van der Waals surface area contributed by atoms with Gasteiger partial charge in [0.1, 0.15) is 5.75 Å². The van der Waals surface area contributed by atoms with Crippen LogP contribution in [0.5, 0.6) is 5.75 Å². The summed E-state index contributed by atoms with van der Waals surface area (Å²) in [5.74, 6) is 0.515. The van der Waals surface area contributed by atoms with Crippen molar-refractivity contribution in [2.75, 3.05) is 34.3 Å². The van der Waals surface area contributed by atoms with Crippen LogP contribution in [0.1, 0.15) is 26.8 Å². The number of nitrogens with one attached hydrogen (secondary N) is 2. The van der Waals surface area contributed by atoms with Crippen molar-refractivity contribution >= 4 is 27.3 Å². The standard InChI is InChI=1S/C24H29N3O4S2/c1-27(2)23(18-6-10-20(31-3)11-7-18)17-25-24(28)19-8-12-22(13-9-19)33(29,30)26-15-14-21-5-4-16-32-21/h4-13,16,23,26H,14-15,17H2,1-3H3,(H,25,28). The van der Waals surface area contributed by atoms with Crippen LogP contribution in [-0.2, 0) is 16.4 Å². The first-order valence-corrected chi connectivity index (χ1v) is 12.9. The first-order valence-electron chi connectivity index (χ1n) is 10.5. The second-order valence-electron chi connectivity index (χ2n) is 7.71. The number of nitrogens with zero attached hydrogens (tertiary/aromatic N) is 1. The summed E-state index contributed by atoms with van der Waals surface area (Å²) in [4.78, 5) is 15.9. The minimum absolute atomic E-state index is 0.0212. The molecule has 0 spiro atoms. The van der Waals surface area contributed by atoms with Gasteiger partial charge in [-0.3, -0.25) is 4.79 Å². The Bertz CT molecular complexity index is 1130. The Morgan fingerprint density at radius 3 is 2.33 bits per heavy atom. The molecule has 0 aliphatic rings. The van der Waals surface area contributed by atoms with Gasteiger partial charge < -0.3 is 15.0 Å². The number of amides is 1. The molecule has 3 rings (SSSR count). The summed E-state index contributed by atoms with van der Waals surface area (Å²) < 4.78 is 32.8. The Labute approximate surface area is 199 Å². The summed E-state index contributed by atoms with van der Waals surface area (Å²) in [5, 5.41) is 4.90. The third-order valence-electron chi connectivity index (χ3n) is 5.25. The van der Waals surface area contributed by atoms with Gasteiger partial charge in [-0.15, -0.1) is 11.3 Å². The Kier molecular flexibility index (Phi) is 8.62. The van der Waals surface area contributed by atoms with E-state index in [9.17, 15) is 13.2 Å². The number of hydrogen-bond donors (Lipinski definition) is 2. The van der Waals surface area contributed by atoms with Crippen molar-refractivity contribution in [1.29, 1.82) is 0 Å². The predicted molar refractivity (Wildman–Crippen MR) is 131 cm³/mol. The molecule has 0 aliphatic heterocycles. The molecule has 9 heteroatoms. The second-order valence-corrected chi connectivity index (χ2v) is 10.5. The van der Waals surface area contributed by atoms with Crippen LogP contribution in [-0.4, -0.2) is 53.5 Å². The first-order chi connectivity index (χ1) is 15.8. The maximum absolute atomic E-state index is 12.7. The molecular weight excluding hydrogens is 458 g/mol. The van der Waals surface area contributed by atoms with E-state index in [4.69, 9.17) is 4.74 Å². The number of carbonyl (C=O) groups excluding carboxylic acids is 1. The van der Waals surface area contributed by atoms with Crippen molar-refractivity contribution in [2.45, 2.75) is 17.4 Å². The minimum atomic E-state index is -3.63. The van der Waals surface area contributed by atoms with Crippen molar-refractivity contribution in [2.24, 2.45) is 0 Å². The zero-order valence-corrected chi connectivity index (χ0v) is 20.6. The van der Waals surface area contributed by atoms with Gasteiger partial charge in [-0.05, 0) is 73.9 Å². The van der Waals surface area contributed by atoms with Crippen molar-refractivity contribution in [3.63, 3.8) is 0 Å². The van der Waals surface area contributed by atoms with Crippen LogP contribution in [0.15, 0.2) is 70.9 Å². The monoisotopic (exact) mass is 487 g/mol. The number of benzene rings is 2. The topological polar surface area (TPSA) is 87.7 Å². The van der Waals surface area contributed by atoms with Gasteiger partial charge in [0.25, 0.3) is 5.91 Å². The van der Waals surface area contributed by atoms with Crippen molar-refractivity contribution in [3.8, 4) is 5.75 Å². The molecule has 3 aromatic rings. The van der Waals surface area contributed by atoms with Crippen molar-refractivity contribution < 1.29 is 17.9 Å². The fraction of sp³-hybridized carbons (Fsp3) is 0.292. The molecule has 0 aliphatic carbocycles. The SMILES string of the molecule is COc1ccc(C(CNC(=O)c2ccc(S(=O)(=O)NCCc3cccs3)cc2)N(C)C)cc1. The van der Waals surface area contributed by atoms with Gasteiger partial charge in [0.15, 0.2) is 0 Å². The molecule has 7 nitrogen and oxygen atoms in total. The fourth-order valence-electron chi connectivity index (χ4n) is 3.35. The molecule has 2 aromatic carbocycles. The summed E-state index contributed by atoms with van der Waals surface area (Å²) in [5.41, 5.74) is 1.45. The van der Waals surface area contributed by atoms with Crippen LogP contribution < -0.4 is 14.8 Å². The Hall–Kier alpha value is -2.72. The maximum Gasteiger partial charge on any atom is 0.251 e. The van der Waals surface area contributed by atoms with E-state index < -0.39 is 10.0 Å². The van der Waals surface area contributed by atoms with E-state index in [1.165, 1.54) is 24.3 Å². The lowest BCUT2D eigenvalue weighted by Crippen LogP contribution is -2.34. The molecular formula is C24H29N3O4S2. The lowest BCUT2D eigenvalue weighted by Gasteiger charge is -2.25. The highest BCUT2D eigenvalue weighted by atomic mass is 32.2. The molecule has 0 radical (unpaired) electrons. The molecule has 1 heterocycles. The third-order valence-corrected chi connectivity index (χ3v) is 7.66. The van der Waals surface area contributed by atoms with Crippen molar-refractivity contribution in [1.82, 2.24) is 14.9 Å². The average molecular weight is 488 g/mol. The number of methoxy groups -OCH3 is 1. The van der Waals surface area contributed by atoms with Crippen LogP contribution in [0.2, 0.25) is 0 Å². The largest absolute Gasteiger partial charge is 0.497 e. The third kappa shape index (κ3) is 6.88. The van der Waals surface area contributed by atoms with Crippen LogP contribution in [0.25, 0.3) is 0 Å². The van der Waals surface area contributed by atoms with Crippen LogP contribution in [0.4, 0.5) is 0 Å². The van der Waals surface area contributed by atoms with Gasteiger partial charge in [-0.25, -0.2) is 13.1 Å². The number of rotatable bonds is 11. The summed E-state index contributed by atoms with van der Waals surface area (Å²) in [7, 11) is 1.89. The van der Waals surface area contributed by atoms with E-state index in [1.807, 2.05) is 60.8 Å². The minimum Gasteiger partial charge on any atom is -0.497 e. The Balaban J connectivity index is 1.58. The summed E-state index contributed by atoms with van der Waals surface area (Å²) in [6.07, 6.45) is 0.638. The number of sulfonamides is 1. The molecule has 176 valence electrons. The summed E-state index contributed by atoms with van der Waals surface area (Å²) in [6, 6.07) is 17.6. The zero-order valence-electron chi connectivity index (χ0n) is 18.9. The highest BCUT2D eigenvalue weighted by Gasteiger charge is 2.18. The predicted octanol–water partition coefficient (Wildman–Crippen LogP) is 3.31. The quantitative estimate of drug-likeness (QED) is 0.433. The van der Waals surface area contributed by atoms with Crippen LogP contribution >= 0.6 is 11.3 Å². The van der Waals surface area contributed by atoms with Gasteiger partial charge in [0.05, 0.1) is 18.0 Å². The molecule has 0 bridgehead atoms.